The van der Waals surface area contributed by atoms with E-state index >= 15 is 0 Å². The van der Waals surface area contributed by atoms with Gasteiger partial charge in [-0.15, -0.1) is 0 Å². The lowest BCUT2D eigenvalue weighted by Gasteiger charge is -2.15. The quantitative estimate of drug-likeness (QED) is 0.0796. The Morgan fingerprint density at radius 2 is 1.26 bits per heavy atom. The van der Waals surface area contributed by atoms with Crippen LogP contribution in [0.25, 0.3) is 11.0 Å². The van der Waals surface area contributed by atoms with E-state index in [1.54, 1.807) is 31.5 Å². The first kappa shape index (κ1) is 48.0. The Hall–Kier alpha value is -4.13. The van der Waals surface area contributed by atoms with Gasteiger partial charge in [0.1, 0.15) is 23.2 Å². The lowest BCUT2D eigenvalue weighted by molar-refractivity contribution is -0.120. The SMILES string of the molecule is C.CC(=O)CCC(F)(F)CCCCc1ccc2cccnc2n1.CC(=O)CCCCC(F)(F)CCC(C)=O.CCO.Nc1ncccc1C=O. The van der Waals surface area contributed by atoms with E-state index < -0.39 is 11.8 Å². The number of halogens is 4. The Labute approximate surface area is 293 Å². The molecule has 0 bridgehead atoms. The molecule has 0 saturated carbocycles. The molecule has 0 fully saturated rings. The number of Topliss-reactive ketones (excluding diaryl/α,β-unsaturated/α-hetero) is 3. The van der Waals surface area contributed by atoms with E-state index in [0.717, 1.165) is 11.1 Å². The van der Waals surface area contributed by atoms with E-state index in [-0.39, 0.29) is 75.7 Å². The Bertz CT molecular complexity index is 1420. The van der Waals surface area contributed by atoms with Gasteiger partial charge in [-0.05, 0) is 96.2 Å². The number of carbonyl (C=O) groups is 4. The van der Waals surface area contributed by atoms with Crippen LogP contribution < -0.4 is 5.73 Å². The molecule has 0 spiro atoms. The van der Waals surface area contributed by atoms with Crippen LogP contribution in [-0.2, 0) is 20.8 Å². The topological polar surface area (TPSA) is 153 Å². The average Bonchev–Trinajstić information content (AvgIpc) is 3.04. The van der Waals surface area contributed by atoms with Crippen molar-refractivity contribution < 1.29 is 41.8 Å². The molecule has 0 aromatic carbocycles. The molecule has 3 aromatic rings. The Morgan fingerprint density at radius 1 is 0.760 bits per heavy atom. The molecule has 9 nitrogen and oxygen atoms in total. The molecule has 0 saturated heterocycles. The molecule has 0 unspecified atom stereocenters. The van der Waals surface area contributed by atoms with Gasteiger partial charge in [-0.3, -0.25) is 4.79 Å². The summed E-state index contributed by atoms with van der Waals surface area (Å²) in [5, 5.41) is 8.54. The van der Waals surface area contributed by atoms with Gasteiger partial charge in [0.05, 0.1) is 5.56 Å². The fraction of sp³-hybridized carbons (Fsp3) is 0.541. The summed E-state index contributed by atoms with van der Waals surface area (Å²) >= 11 is 0. The number of aryl methyl sites for hydroxylation is 1. The molecule has 3 rings (SSSR count). The molecule has 0 aliphatic rings. The largest absolute Gasteiger partial charge is 0.397 e. The van der Waals surface area contributed by atoms with E-state index in [0.29, 0.717) is 56.0 Å². The lowest BCUT2D eigenvalue weighted by atomic mass is 10.0. The number of hydrogen-bond acceptors (Lipinski definition) is 9. The minimum Gasteiger partial charge on any atom is -0.397 e. The molecule has 0 aliphatic carbocycles. The van der Waals surface area contributed by atoms with Gasteiger partial charge in [-0.2, -0.15) is 0 Å². The normalized spacial score (nSPS) is 10.6. The van der Waals surface area contributed by atoms with Crippen LogP contribution in [0.2, 0.25) is 0 Å². The zero-order valence-corrected chi connectivity index (χ0v) is 28.9. The number of anilines is 1. The van der Waals surface area contributed by atoms with Crippen LogP contribution in [0, 0.1) is 0 Å². The summed E-state index contributed by atoms with van der Waals surface area (Å²) in [7, 11) is 0. The molecule has 50 heavy (non-hydrogen) atoms. The zero-order valence-electron chi connectivity index (χ0n) is 28.9. The van der Waals surface area contributed by atoms with E-state index in [9.17, 15) is 36.7 Å². The van der Waals surface area contributed by atoms with Crippen LogP contribution in [0.3, 0.4) is 0 Å². The van der Waals surface area contributed by atoms with Crippen LogP contribution in [0.4, 0.5) is 23.4 Å². The maximum absolute atomic E-state index is 13.5. The van der Waals surface area contributed by atoms with Crippen molar-refractivity contribution in [1.82, 2.24) is 15.0 Å². The predicted molar refractivity (Wildman–Crippen MR) is 189 cm³/mol. The van der Waals surface area contributed by atoms with Crippen molar-refractivity contribution in [3.63, 3.8) is 0 Å². The second-order valence-corrected chi connectivity index (χ2v) is 11.5. The third-order valence-electron chi connectivity index (χ3n) is 6.75. The van der Waals surface area contributed by atoms with Crippen molar-refractivity contribution in [2.24, 2.45) is 0 Å². The first-order valence-electron chi connectivity index (χ1n) is 16.3. The average molecular weight is 711 g/mol. The van der Waals surface area contributed by atoms with E-state index in [4.69, 9.17) is 10.8 Å². The summed E-state index contributed by atoms with van der Waals surface area (Å²) < 4.78 is 53.2. The molecule has 3 N–H and O–H groups in total. The van der Waals surface area contributed by atoms with Crippen LogP contribution in [-0.4, -0.2) is 62.1 Å². The van der Waals surface area contributed by atoms with Crippen molar-refractivity contribution in [1.29, 1.82) is 0 Å². The zero-order chi connectivity index (χ0) is 37.3. The summed E-state index contributed by atoms with van der Waals surface area (Å²) in [6.07, 6.45) is 5.62. The standard InChI is InChI=1S/C17H20F2N2O.C11H18F2O2.C6H6N2O.C2H6O.CH4/c1-13(22)9-11-17(18,19)10-3-2-6-15-8-7-14-5-4-12-20-16(14)21-15;1-9(14)5-3-4-7-11(12,13)8-6-10(2)15;7-6-5(4-9)2-1-3-8-6;1-2-3;/h4-5,7-8,12H,2-3,6,9-11H2,1H3;3-8H2,1-2H3;1-4H,(H2,7,8);3H,2H2,1H3;1H4. The second-order valence-electron chi connectivity index (χ2n) is 11.5. The lowest BCUT2D eigenvalue weighted by Crippen LogP contribution is -2.17. The van der Waals surface area contributed by atoms with Crippen molar-refractivity contribution in [2.45, 2.75) is 124 Å². The van der Waals surface area contributed by atoms with Gasteiger partial charge in [0, 0.05) is 75.0 Å². The number of carbonyl (C=O) groups excluding carboxylic acids is 4. The highest BCUT2D eigenvalue weighted by Gasteiger charge is 2.28. The number of aromatic nitrogens is 3. The number of unbranched alkanes of at least 4 members (excludes halogenated alkanes) is 2. The Balaban J connectivity index is 0. The van der Waals surface area contributed by atoms with Crippen LogP contribution in [0.5, 0.6) is 0 Å². The van der Waals surface area contributed by atoms with Crippen LogP contribution >= 0.6 is 0 Å². The van der Waals surface area contributed by atoms with Gasteiger partial charge in [0.2, 0.25) is 11.8 Å². The monoisotopic (exact) mass is 710 g/mol. The third kappa shape index (κ3) is 24.9. The molecule has 0 aliphatic heterocycles. The number of aliphatic hydroxyl groups excluding tert-OH is 1. The first-order valence-corrected chi connectivity index (χ1v) is 16.3. The molecule has 0 amide bonds. The smallest absolute Gasteiger partial charge is 0.248 e. The number of nitrogens with two attached hydrogens (primary N) is 1. The van der Waals surface area contributed by atoms with Gasteiger partial charge >= 0.3 is 0 Å². The van der Waals surface area contributed by atoms with E-state index in [1.807, 2.05) is 24.3 Å². The van der Waals surface area contributed by atoms with E-state index in [1.165, 1.54) is 20.8 Å². The highest BCUT2D eigenvalue weighted by molar-refractivity contribution is 5.81. The number of ketones is 3. The highest BCUT2D eigenvalue weighted by Crippen LogP contribution is 2.28. The number of aliphatic hydroxyl groups is 1. The number of alkyl halides is 4. The fourth-order valence-corrected chi connectivity index (χ4v) is 4.08. The van der Waals surface area contributed by atoms with Crippen LogP contribution in [0.1, 0.15) is 122 Å². The first-order chi connectivity index (χ1) is 23.1. The third-order valence-corrected chi connectivity index (χ3v) is 6.75. The minimum atomic E-state index is -2.76. The summed E-state index contributed by atoms with van der Waals surface area (Å²) in [6.45, 7) is 6.04. The molecule has 3 heterocycles. The Kier molecular flexibility index (Phi) is 25.6. The Morgan fingerprint density at radius 3 is 1.74 bits per heavy atom. The highest BCUT2D eigenvalue weighted by atomic mass is 19.3. The van der Waals surface area contributed by atoms with Gasteiger partial charge in [-0.1, -0.05) is 7.43 Å². The molecule has 0 radical (unpaired) electrons. The number of rotatable bonds is 17. The van der Waals surface area contributed by atoms with Gasteiger partial charge < -0.3 is 25.2 Å². The van der Waals surface area contributed by atoms with Crippen molar-refractivity contribution in [3.05, 3.63) is 60.0 Å². The van der Waals surface area contributed by atoms with Gasteiger partial charge in [0.15, 0.2) is 11.9 Å². The molecule has 0 atom stereocenters. The number of aldehydes is 1. The number of pyridine rings is 3. The van der Waals surface area contributed by atoms with Crippen LogP contribution in [0.15, 0.2) is 48.8 Å². The maximum atomic E-state index is 13.5. The summed E-state index contributed by atoms with van der Waals surface area (Å²) in [5.74, 6) is -5.59. The molecular weight excluding hydrogens is 656 g/mol. The predicted octanol–water partition coefficient (Wildman–Crippen LogP) is 8.60. The number of nitrogen functional groups attached to an aromatic ring is 1. The molecule has 13 heteroatoms. The molecule has 280 valence electrons. The summed E-state index contributed by atoms with van der Waals surface area (Å²) in [4.78, 5) is 54.3. The molecule has 3 aromatic heterocycles. The summed E-state index contributed by atoms with van der Waals surface area (Å²) in [5.41, 5.74) is 7.29. The number of nitrogens with zero attached hydrogens (tertiary/aromatic N) is 3. The van der Waals surface area contributed by atoms with Crippen molar-refractivity contribution >= 4 is 40.5 Å². The van der Waals surface area contributed by atoms with Gasteiger partial charge in [-0.25, -0.2) is 32.5 Å². The number of fused-ring (bicyclic) bond motifs is 1. The van der Waals surface area contributed by atoms with E-state index in [2.05, 4.69) is 15.0 Å². The van der Waals surface area contributed by atoms with Crippen molar-refractivity contribution in [3.8, 4) is 0 Å². The second kappa shape index (κ2) is 26.7. The van der Waals surface area contributed by atoms with Gasteiger partial charge in [0.25, 0.3) is 0 Å². The van der Waals surface area contributed by atoms with Crippen molar-refractivity contribution in [2.75, 3.05) is 12.3 Å². The number of hydrogen-bond donors (Lipinski definition) is 2. The summed E-state index contributed by atoms with van der Waals surface area (Å²) in [6, 6.07) is 10.9. The minimum absolute atomic E-state index is 0. The fourth-order valence-electron chi connectivity index (χ4n) is 4.08. The maximum Gasteiger partial charge on any atom is 0.248 e. The molecular formula is C37H54F4N4O5.